The molecule has 0 radical (unpaired) electrons. The summed E-state index contributed by atoms with van der Waals surface area (Å²) in [4.78, 5) is 2.39. The number of benzene rings is 7. The zero-order chi connectivity index (χ0) is 33.3. The van der Waals surface area contributed by atoms with Crippen LogP contribution < -0.4 is 4.90 Å². The second-order valence-corrected chi connectivity index (χ2v) is 14.6. The van der Waals surface area contributed by atoms with E-state index >= 15 is 0 Å². The van der Waals surface area contributed by atoms with E-state index in [-0.39, 0.29) is 10.8 Å². The van der Waals surface area contributed by atoms with Gasteiger partial charge in [0, 0.05) is 27.9 Å². The van der Waals surface area contributed by atoms with Crippen LogP contribution in [0.2, 0.25) is 0 Å². The van der Waals surface area contributed by atoms with Crippen LogP contribution in [0.3, 0.4) is 0 Å². The predicted molar refractivity (Wildman–Crippen MR) is 207 cm³/mol. The highest BCUT2D eigenvalue weighted by Crippen LogP contribution is 2.52. The molecule has 0 spiro atoms. The van der Waals surface area contributed by atoms with Crippen molar-refractivity contribution in [3.05, 3.63) is 186 Å². The van der Waals surface area contributed by atoms with E-state index < -0.39 is 0 Å². The average Bonchev–Trinajstić information content (AvgIpc) is 3.51. The van der Waals surface area contributed by atoms with E-state index in [1.165, 1.54) is 72.4 Å². The summed E-state index contributed by atoms with van der Waals surface area (Å²) in [5.41, 5.74) is 19.3. The summed E-state index contributed by atoms with van der Waals surface area (Å²) in [6.07, 6.45) is 0. The maximum atomic E-state index is 2.42. The molecule has 236 valence electrons. The van der Waals surface area contributed by atoms with Gasteiger partial charge >= 0.3 is 0 Å². The quantitative estimate of drug-likeness (QED) is 0.183. The van der Waals surface area contributed by atoms with Crippen molar-refractivity contribution in [2.24, 2.45) is 0 Å². The van der Waals surface area contributed by atoms with Gasteiger partial charge in [0.2, 0.25) is 0 Å². The van der Waals surface area contributed by atoms with Crippen LogP contribution in [0.5, 0.6) is 0 Å². The Morgan fingerprint density at radius 3 is 1.35 bits per heavy atom. The topological polar surface area (TPSA) is 3.24 Å². The summed E-state index contributed by atoms with van der Waals surface area (Å²) in [6.45, 7) is 9.43. The van der Waals surface area contributed by atoms with Crippen molar-refractivity contribution >= 4 is 17.1 Å². The van der Waals surface area contributed by atoms with Gasteiger partial charge < -0.3 is 4.90 Å². The Balaban J connectivity index is 1.09. The number of fused-ring (bicyclic) bond motifs is 6. The summed E-state index contributed by atoms with van der Waals surface area (Å²) in [5, 5.41) is 0. The van der Waals surface area contributed by atoms with Gasteiger partial charge in [-0.25, -0.2) is 0 Å². The van der Waals surface area contributed by atoms with E-state index in [2.05, 4.69) is 196 Å². The number of para-hydroxylation sites is 1. The second-order valence-electron chi connectivity index (χ2n) is 14.6. The van der Waals surface area contributed by atoms with Crippen molar-refractivity contribution in [1.82, 2.24) is 0 Å². The summed E-state index contributed by atoms with van der Waals surface area (Å²) in [7, 11) is 0. The Morgan fingerprint density at radius 1 is 0.306 bits per heavy atom. The first kappa shape index (κ1) is 29.5. The van der Waals surface area contributed by atoms with Gasteiger partial charge in [0.15, 0.2) is 0 Å². The van der Waals surface area contributed by atoms with Crippen molar-refractivity contribution in [2.75, 3.05) is 4.90 Å². The predicted octanol–water partition coefficient (Wildman–Crippen LogP) is 13.1. The first-order valence-electron chi connectivity index (χ1n) is 17.4. The minimum atomic E-state index is -0.126. The third-order valence-electron chi connectivity index (χ3n) is 11.1. The lowest BCUT2D eigenvalue weighted by Gasteiger charge is -2.28. The summed E-state index contributed by atoms with van der Waals surface area (Å²) in [6, 6.07) is 60.4. The molecule has 0 aliphatic heterocycles. The largest absolute Gasteiger partial charge is 0.310 e. The number of nitrogens with zero attached hydrogens (tertiary/aromatic N) is 1. The third kappa shape index (κ3) is 4.60. The maximum Gasteiger partial charge on any atom is 0.0465 e. The molecule has 2 aliphatic rings. The molecule has 2 aliphatic carbocycles. The van der Waals surface area contributed by atoms with Gasteiger partial charge in [0.1, 0.15) is 0 Å². The molecule has 7 aromatic rings. The zero-order valence-corrected chi connectivity index (χ0v) is 28.5. The van der Waals surface area contributed by atoms with Crippen LogP contribution in [0.4, 0.5) is 17.1 Å². The van der Waals surface area contributed by atoms with Crippen molar-refractivity contribution in [1.29, 1.82) is 0 Å². The lowest BCUT2D eigenvalue weighted by atomic mass is 9.81. The minimum absolute atomic E-state index is 0.0178. The zero-order valence-electron chi connectivity index (χ0n) is 28.5. The van der Waals surface area contributed by atoms with Gasteiger partial charge in [-0.1, -0.05) is 143 Å². The van der Waals surface area contributed by atoms with Crippen LogP contribution in [-0.4, -0.2) is 0 Å². The molecular formula is C48H39N. The molecule has 0 saturated carbocycles. The van der Waals surface area contributed by atoms with Crippen molar-refractivity contribution in [3.63, 3.8) is 0 Å². The highest BCUT2D eigenvalue weighted by molar-refractivity contribution is 5.88. The fourth-order valence-electron chi connectivity index (χ4n) is 8.39. The summed E-state index contributed by atoms with van der Waals surface area (Å²) >= 11 is 0. The first-order valence-corrected chi connectivity index (χ1v) is 17.4. The van der Waals surface area contributed by atoms with Crippen LogP contribution in [0.1, 0.15) is 49.9 Å². The van der Waals surface area contributed by atoms with Gasteiger partial charge in [-0.05, 0) is 115 Å². The Kier molecular flexibility index (Phi) is 6.58. The molecular weight excluding hydrogens is 591 g/mol. The third-order valence-corrected chi connectivity index (χ3v) is 11.1. The summed E-state index contributed by atoms with van der Waals surface area (Å²) < 4.78 is 0. The molecule has 7 aromatic carbocycles. The molecule has 1 heteroatoms. The molecule has 0 unspecified atom stereocenters. The molecule has 0 bridgehead atoms. The number of hydrogen-bond donors (Lipinski definition) is 0. The average molecular weight is 630 g/mol. The van der Waals surface area contributed by atoms with Gasteiger partial charge in [0.25, 0.3) is 0 Å². The van der Waals surface area contributed by atoms with E-state index in [1.807, 2.05) is 0 Å². The molecule has 0 amide bonds. The van der Waals surface area contributed by atoms with Gasteiger partial charge in [-0.3, -0.25) is 0 Å². The standard InChI is InChI=1S/C48H39N/c1-47(2)43-18-12-11-17-39(43)40-26-22-35(30-44(40)47)33-19-23-37(24-20-33)49(36-15-9-6-10-16-36)38-25-28-42-41-27-21-34(32-13-7-5-8-14-32)29-45(41)48(3,4)46(42)31-38/h5-31H,1-4H3. The van der Waals surface area contributed by atoms with Crippen molar-refractivity contribution in [2.45, 2.75) is 38.5 Å². The van der Waals surface area contributed by atoms with Gasteiger partial charge in [-0.2, -0.15) is 0 Å². The SMILES string of the molecule is CC1(C)c2ccccc2-c2ccc(-c3ccc(N(c4ccccc4)c4ccc5c(c4)C(C)(C)c4cc(-c6ccccc6)ccc4-5)cc3)cc21. The molecule has 9 rings (SSSR count). The van der Waals surface area contributed by atoms with Crippen LogP contribution in [0.15, 0.2) is 164 Å². The monoisotopic (exact) mass is 629 g/mol. The van der Waals surface area contributed by atoms with E-state index in [0.717, 1.165) is 11.4 Å². The van der Waals surface area contributed by atoms with E-state index in [0.29, 0.717) is 0 Å². The molecule has 0 atom stereocenters. The maximum absolute atomic E-state index is 2.42. The van der Waals surface area contributed by atoms with Gasteiger partial charge in [0.05, 0.1) is 0 Å². The number of hydrogen-bond acceptors (Lipinski definition) is 1. The minimum Gasteiger partial charge on any atom is -0.310 e. The molecule has 0 N–H and O–H groups in total. The fourth-order valence-corrected chi connectivity index (χ4v) is 8.39. The Hall–Kier alpha value is -5.66. The van der Waals surface area contributed by atoms with Crippen LogP contribution in [0, 0.1) is 0 Å². The highest BCUT2D eigenvalue weighted by Gasteiger charge is 2.37. The lowest BCUT2D eigenvalue weighted by molar-refractivity contribution is 0.660. The second kappa shape index (κ2) is 10.9. The molecule has 0 saturated heterocycles. The Labute approximate surface area is 290 Å². The van der Waals surface area contributed by atoms with E-state index in [1.54, 1.807) is 0 Å². The number of rotatable bonds is 5. The van der Waals surface area contributed by atoms with Crippen molar-refractivity contribution < 1.29 is 0 Å². The highest BCUT2D eigenvalue weighted by atomic mass is 15.1. The Bertz CT molecular complexity index is 2360. The lowest BCUT2D eigenvalue weighted by Crippen LogP contribution is -2.16. The summed E-state index contributed by atoms with van der Waals surface area (Å²) in [5.74, 6) is 0. The normalized spacial score (nSPS) is 14.4. The van der Waals surface area contributed by atoms with Crippen LogP contribution in [0.25, 0.3) is 44.5 Å². The first-order chi connectivity index (χ1) is 23.8. The van der Waals surface area contributed by atoms with Gasteiger partial charge in [-0.15, -0.1) is 0 Å². The van der Waals surface area contributed by atoms with Crippen LogP contribution in [-0.2, 0) is 10.8 Å². The molecule has 0 heterocycles. The smallest absolute Gasteiger partial charge is 0.0465 e. The van der Waals surface area contributed by atoms with E-state index in [9.17, 15) is 0 Å². The van der Waals surface area contributed by atoms with Crippen molar-refractivity contribution in [3.8, 4) is 44.5 Å². The Morgan fingerprint density at radius 2 is 0.714 bits per heavy atom. The molecule has 0 fully saturated rings. The fraction of sp³-hybridized carbons (Fsp3) is 0.125. The molecule has 0 aromatic heterocycles. The molecule has 49 heavy (non-hydrogen) atoms. The molecule has 1 nitrogen and oxygen atoms in total. The number of anilines is 3. The van der Waals surface area contributed by atoms with Crippen LogP contribution >= 0.6 is 0 Å². The van der Waals surface area contributed by atoms with E-state index in [4.69, 9.17) is 0 Å².